The third-order valence-corrected chi connectivity index (χ3v) is 3.22. The molecule has 0 saturated heterocycles. The molecule has 94 valence electrons. The minimum atomic E-state index is -0.157. The topological polar surface area (TPSA) is 49.9 Å². The zero-order valence-electron chi connectivity index (χ0n) is 10.6. The molecule has 0 bridgehead atoms. The number of anilines is 1. The van der Waals surface area contributed by atoms with Crippen molar-refractivity contribution in [3.8, 4) is 5.75 Å². The molecule has 0 radical (unpaired) electrons. The van der Waals surface area contributed by atoms with Crippen LogP contribution in [0.4, 0.5) is 5.69 Å². The van der Waals surface area contributed by atoms with Crippen molar-refractivity contribution in [1.82, 2.24) is 10.2 Å². The molecule has 0 spiro atoms. The van der Waals surface area contributed by atoms with E-state index in [9.17, 15) is 0 Å². The molecule has 1 aromatic carbocycles. The van der Waals surface area contributed by atoms with Crippen LogP contribution in [0.1, 0.15) is 31.9 Å². The number of aromatic amines is 1. The molecule has 1 unspecified atom stereocenters. The third-order valence-electron chi connectivity index (χ3n) is 3.22. The Hall–Kier alpha value is -1.97. The third kappa shape index (κ3) is 2.06. The molecule has 0 amide bonds. The maximum atomic E-state index is 6.01. The Morgan fingerprint density at radius 2 is 2.22 bits per heavy atom. The van der Waals surface area contributed by atoms with E-state index in [0.29, 0.717) is 0 Å². The minimum absolute atomic E-state index is 0.157. The van der Waals surface area contributed by atoms with Crippen molar-refractivity contribution in [2.75, 3.05) is 5.32 Å². The van der Waals surface area contributed by atoms with Gasteiger partial charge in [-0.05, 0) is 19.9 Å². The summed E-state index contributed by atoms with van der Waals surface area (Å²) in [5.41, 5.74) is 2.06. The predicted molar refractivity (Wildman–Crippen MR) is 70.7 cm³/mol. The maximum absolute atomic E-state index is 6.01. The van der Waals surface area contributed by atoms with E-state index in [1.54, 1.807) is 6.20 Å². The summed E-state index contributed by atoms with van der Waals surface area (Å²) in [6, 6.07) is 8.45. The molecule has 3 rings (SSSR count). The van der Waals surface area contributed by atoms with Gasteiger partial charge in [-0.1, -0.05) is 18.2 Å². The SMILES string of the molecule is CC1(C)CC(Nc2cn[nH]c2)c2ccccc2O1. The number of ether oxygens (including phenoxy) is 1. The van der Waals surface area contributed by atoms with Crippen molar-refractivity contribution in [1.29, 1.82) is 0 Å². The maximum Gasteiger partial charge on any atom is 0.125 e. The Morgan fingerprint density at radius 3 is 3.00 bits per heavy atom. The van der Waals surface area contributed by atoms with Gasteiger partial charge < -0.3 is 10.1 Å². The van der Waals surface area contributed by atoms with Gasteiger partial charge in [0.1, 0.15) is 11.4 Å². The van der Waals surface area contributed by atoms with Gasteiger partial charge in [-0.2, -0.15) is 5.10 Å². The smallest absolute Gasteiger partial charge is 0.125 e. The molecule has 2 heterocycles. The molecule has 1 aromatic heterocycles. The summed E-state index contributed by atoms with van der Waals surface area (Å²) in [5.74, 6) is 0.967. The standard InChI is InChI=1S/C14H17N3O/c1-14(2)7-12(17-10-8-15-16-9-10)11-5-3-4-6-13(11)18-14/h3-6,8-9,12,17H,7H2,1-2H3,(H,15,16). The summed E-state index contributed by atoms with van der Waals surface area (Å²) in [6.45, 7) is 4.24. The van der Waals surface area contributed by atoms with Gasteiger partial charge in [-0.15, -0.1) is 0 Å². The highest BCUT2D eigenvalue weighted by Crippen LogP contribution is 2.40. The van der Waals surface area contributed by atoms with E-state index in [2.05, 4.69) is 35.4 Å². The lowest BCUT2D eigenvalue weighted by Gasteiger charge is -2.38. The predicted octanol–water partition coefficient (Wildman–Crippen LogP) is 3.12. The minimum Gasteiger partial charge on any atom is -0.487 e. The number of nitrogens with zero attached hydrogens (tertiary/aromatic N) is 1. The van der Waals surface area contributed by atoms with Crippen LogP contribution in [0.25, 0.3) is 0 Å². The zero-order chi connectivity index (χ0) is 12.6. The van der Waals surface area contributed by atoms with Crippen LogP contribution in [0.2, 0.25) is 0 Å². The first-order valence-electron chi connectivity index (χ1n) is 6.17. The van der Waals surface area contributed by atoms with Crippen molar-refractivity contribution in [3.63, 3.8) is 0 Å². The van der Waals surface area contributed by atoms with Crippen LogP contribution in [-0.4, -0.2) is 15.8 Å². The van der Waals surface area contributed by atoms with E-state index in [1.165, 1.54) is 5.56 Å². The summed E-state index contributed by atoms with van der Waals surface area (Å²) in [6.07, 6.45) is 4.59. The molecule has 0 aliphatic carbocycles. The van der Waals surface area contributed by atoms with Crippen molar-refractivity contribution in [3.05, 3.63) is 42.2 Å². The lowest BCUT2D eigenvalue weighted by molar-refractivity contribution is 0.0759. The van der Waals surface area contributed by atoms with E-state index < -0.39 is 0 Å². The quantitative estimate of drug-likeness (QED) is 0.852. The fraction of sp³-hybridized carbons (Fsp3) is 0.357. The van der Waals surface area contributed by atoms with Crippen molar-refractivity contribution in [2.45, 2.75) is 31.9 Å². The van der Waals surface area contributed by atoms with Crippen LogP contribution in [-0.2, 0) is 0 Å². The Bertz CT molecular complexity index is 534. The number of nitrogens with one attached hydrogen (secondary N) is 2. The second kappa shape index (κ2) is 4.05. The molecule has 4 nitrogen and oxygen atoms in total. The van der Waals surface area contributed by atoms with E-state index in [1.807, 2.05) is 24.4 Å². The molecule has 0 saturated carbocycles. The highest BCUT2D eigenvalue weighted by atomic mass is 16.5. The van der Waals surface area contributed by atoms with Gasteiger partial charge in [0.05, 0.1) is 17.9 Å². The number of aromatic nitrogens is 2. The van der Waals surface area contributed by atoms with Gasteiger partial charge in [0, 0.05) is 18.2 Å². The summed E-state index contributed by atoms with van der Waals surface area (Å²) >= 11 is 0. The molecular weight excluding hydrogens is 226 g/mol. The van der Waals surface area contributed by atoms with Gasteiger partial charge in [0.2, 0.25) is 0 Å². The summed E-state index contributed by atoms with van der Waals surface area (Å²) < 4.78 is 6.01. The molecular formula is C14H17N3O. The summed E-state index contributed by atoms with van der Waals surface area (Å²) in [7, 11) is 0. The fourth-order valence-electron chi connectivity index (χ4n) is 2.46. The lowest BCUT2D eigenvalue weighted by atomic mass is 9.89. The van der Waals surface area contributed by atoms with Gasteiger partial charge in [-0.3, -0.25) is 5.10 Å². The van der Waals surface area contributed by atoms with Gasteiger partial charge in [-0.25, -0.2) is 0 Å². The highest BCUT2D eigenvalue weighted by molar-refractivity contribution is 5.46. The van der Waals surface area contributed by atoms with E-state index in [-0.39, 0.29) is 11.6 Å². The number of H-pyrrole nitrogens is 1. The number of hydrogen-bond donors (Lipinski definition) is 2. The fourth-order valence-corrected chi connectivity index (χ4v) is 2.46. The van der Waals surface area contributed by atoms with Gasteiger partial charge in [0.15, 0.2) is 0 Å². The van der Waals surface area contributed by atoms with Crippen LogP contribution in [0.15, 0.2) is 36.7 Å². The Balaban J connectivity index is 1.94. The molecule has 1 atom stereocenters. The zero-order valence-corrected chi connectivity index (χ0v) is 10.6. The summed E-state index contributed by atoms with van der Waals surface area (Å²) in [5, 5.41) is 10.3. The molecule has 2 aromatic rings. The Labute approximate surface area is 106 Å². The number of fused-ring (bicyclic) bond motifs is 1. The van der Waals surface area contributed by atoms with Crippen molar-refractivity contribution in [2.24, 2.45) is 0 Å². The van der Waals surface area contributed by atoms with E-state index in [0.717, 1.165) is 17.9 Å². The number of para-hydroxylation sites is 1. The highest BCUT2D eigenvalue weighted by Gasteiger charge is 2.33. The first kappa shape index (κ1) is 11.1. The first-order chi connectivity index (χ1) is 8.64. The van der Waals surface area contributed by atoms with Crippen LogP contribution in [0.3, 0.4) is 0 Å². The second-order valence-corrected chi connectivity index (χ2v) is 5.29. The Kier molecular flexibility index (Phi) is 2.51. The van der Waals surface area contributed by atoms with Crippen LogP contribution >= 0.6 is 0 Å². The van der Waals surface area contributed by atoms with Crippen LogP contribution in [0.5, 0.6) is 5.75 Å². The number of hydrogen-bond acceptors (Lipinski definition) is 3. The number of benzene rings is 1. The van der Waals surface area contributed by atoms with Crippen LogP contribution in [0, 0.1) is 0 Å². The molecule has 1 aliphatic heterocycles. The largest absolute Gasteiger partial charge is 0.487 e. The summed E-state index contributed by atoms with van der Waals surface area (Å²) in [4.78, 5) is 0. The molecule has 4 heteroatoms. The normalized spacial score (nSPS) is 20.9. The molecule has 18 heavy (non-hydrogen) atoms. The van der Waals surface area contributed by atoms with Crippen molar-refractivity contribution >= 4 is 5.69 Å². The van der Waals surface area contributed by atoms with E-state index >= 15 is 0 Å². The lowest BCUT2D eigenvalue weighted by Crippen LogP contribution is -2.36. The van der Waals surface area contributed by atoms with Gasteiger partial charge >= 0.3 is 0 Å². The van der Waals surface area contributed by atoms with Crippen molar-refractivity contribution < 1.29 is 4.74 Å². The average molecular weight is 243 g/mol. The molecule has 0 fully saturated rings. The number of rotatable bonds is 2. The monoisotopic (exact) mass is 243 g/mol. The average Bonchev–Trinajstić information content (AvgIpc) is 2.80. The molecule has 1 aliphatic rings. The van der Waals surface area contributed by atoms with Gasteiger partial charge in [0.25, 0.3) is 0 Å². The second-order valence-electron chi connectivity index (χ2n) is 5.29. The first-order valence-corrected chi connectivity index (χ1v) is 6.17. The Morgan fingerprint density at radius 1 is 1.39 bits per heavy atom. The van der Waals surface area contributed by atoms with E-state index in [4.69, 9.17) is 4.74 Å². The van der Waals surface area contributed by atoms with Crippen LogP contribution < -0.4 is 10.1 Å². The molecule has 2 N–H and O–H groups in total.